The third kappa shape index (κ3) is 1.78. The normalized spacial score (nSPS) is 48.0. The molecule has 1 heterocycles. The summed E-state index contributed by atoms with van der Waals surface area (Å²) in [5.74, 6) is 3.96. The lowest BCUT2D eigenvalue weighted by atomic mass is 9.75. The molecule has 0 radical (unpaired) electrons. The Bertz CT molecular complexity index is 430. The second-order valence-corrected chi connectivity index (χ2v) is 8.11. The molecule has 0 N–H and O–H groups in total. The van der Waals surface area contributed by atoms with Gasteiger partial charge in [0.05, 0.1) is 24.2 Å². The van der Waals surface area contributed by atoms with Gasteiger partial charge in [-0.15, -0.1) is 0 Å². The highest BCUT2D eigenvalue weighted by Gasteiger charge is 2.66. The SMILES string of the molecule is CCC(C)(C)C(=O)OCC1CC2CC1C1C2CC2OC21. The first-order valence-corrected chi connectivity index (χ1v) is 8.34. The van der Waals surface area contributed by atoms with Gasteiger partial charge in [-0.25, -0.2) is 0 Å². The van der Waals surface area contributed by atoms with Gasteiger partial charge < -0.3 is 9.47 Å². The van der Waals surface area contributed by atoms with Gasteiger partial charge in [0.2, 0.25) is 0 Å². The molecule has 3 heteroatoms. The van der Waals surface area contributed by atoms with Gasteiger partial charge in [0.25, 0.3) is 0 Å². The summed E-state index contributed by atoms with van der Waals surface area (Å²) >= 11 is 0. The topological polar surface area (TPSA) is 38.8 Å². The van der Waals surface area contributed by atoms with E-state index >= 15 is 0 Å². The Hall–Kier alpha value is -0.570. The largest absolute Gasteiger partial charge is 0.465 e. The lowest BCUT2D eigenvalue weighted by Crippen LogP contribution is -2.33. The van der Waals surface area contributed by atoms with Crippen LogP contribution in [0, 0.1) is 35.0 Å². The molecule has 0 amide bonds. The van der Waals surface area contributed by atoms with Gasteiger partial charge in [-0.2, -0.15) is 0 Å². The number of epoxide rings is 1. The second kappa shape index (κ2) is 4.22. The Morgan fingerprint density at radius 1 is 1.25 bits per heavy atom. The second-order valence-electron chi connectivity index (χ2n) is 8.11. The summed E-state index contributed by atoms with van der Waals surface area (Å²) in [5.41, 5.74) is -0.335. The van der Waals surface area contributed by atoms with Crippen LogP contribution in [0.4, 0.5) is 0 Å². The van der Waals surface area contributed by atoms with Crippen LogP contribution in [0.3, 0.4) is 0 Å². The van der Waals surface area contributed by atoms with Gasteiger partial charge in [-0.3, -0.25) is 4.79 Å². The van der Waals surface area contributed by atoms with Crippen molar-refractivity contribution in [3.63, 3.8) is 0 Å². The molecule has 7 unspecified atom stereocenters. The van der Waals surface area contributed by atoms with Crippen molar-refractivity contribution in [1.82, 2.24) is 0 Å². The van der Waals surface area contributed by atoms with Crippen molar-refractivity contribution in [1.29, 1.82) is 0 Å². The predicted octanol–water partition coefficient (Wildman–Crippen LogP) is 3.03. The maximum Gasteiger partial charge on any atom is 0.311 e. The summed E-state index contributed by atoms with van der Waals surface area (Å²) in [6.45, 7) is 6.65. The third-order valence-electron chi connectivity index (χ3n) is 6.75. The first-order chi connectivity index (χ1) is 9.51. The summed E-state index contributed by atoms with van der Waals surface area (Å²) in [4.78, 5) is 12.1. The van der Waals surface area contributed by atoms with E-state index in [4.69, 9.17) is 9.47 Å². The van der Waals surface area contributed by atoms with E-state index in [1.807, 2.05) is 20.8 Å². The molecule has 7 atom stereocenters. The molecule has 2 bridgehead atoms. The van der Waals surface area contributed by atoms with Gasteiger partial charge in [-0.1, -0.05) is 6.92 Å². The third-order valence-corrected chi connectivity index (χ3v) is 6.75. The van der Waals surface area contributed by atoms with Crippen LogP contribution in [-0.2, 0) is 14.3 Å². The predicted molar refractivity (Wildman–Crippen MR) is 75.0 cm³/mol. The fourth-order valence-corrected chi connectivity index (χ4v) is 5.16. The van der Waals surface area contributed by atoms with E-state index in [2.05, 4.69) is 0 Å². The summed E-state index contributed by atoms with van der Waals surface area (Å²) in [5, 5.41) is 0. The minimum atomic E-state index is -0.335. The van der Waals surface area contributed by atoms with Crippen LogP contribution in [0.25, 0.3) is 0 Å². The highest BCUT2D eigenvalue weighted by atomic mass is 16.6. The Labute approximate surface area is 121 Å². The van der Waals surface area contributed by atoms with Crippen molar-refractivity contribution < 1.29 is 14.3 Å². The van der Waals surface area contributed by atoms with Crippen LogP contribution >= 0.6 is 0 Å². The fourth-order valence-electron chi connectivity index (χ4n) is 5.16. The lowest BCUT2D eigenvalue weighted by Gasteiger charge is -2.33. The van der Waals surface area contributed by atoms with E-state index in [1.54, 1.807) is 0 Å². The molecular formula is C17H26O3. The first kappa shape index (κ1) is 13.1. The standard InChI is InChI=1S/C17H26O3/c1-4-17(2,3)16(18)19-8-10-5-9-6-11(10)14-12(9)7-13-15(14)20-13/h9-15H,4-8H2,1-3H3. The van der Waals surface area contributed by atoms with E-state index in [-0.39, 0.29) is 11.4 Å². The van der Waals surface area contributed by atoms with Crippen molar-refractivity contribution in [2.45, 2.75) is 58.7 Å². The Kier molecular flexibility index (Phi) is 2.77. The minimum absolute atomic E-state index is 0.0220. The van der Waals surface area contributed by atoms with Crippen LogP contribution < -0.4 is 0 Å². The van der Waals surface area contributed by atoms with Crippen molar-refractivity contribution >= 4 is 5.97 Å². The number of rotatable bonds is 4. The maximum absolute atomic E-state index is 12.1. The van der Waals surface area contributed by atoms with Crippen molar-refractivity contribution in [2.24, 2.45) is 35.0 Å². The zero-order valence-corrected chi connectivity index (χ0v) is 12.8. The van der Waals surface area contributed by atoms with Crippen molar-refractivity contribution in [3.8, 4) is 0 Å². The van der Waals surface area contributed by atoms with Crippen LogP contribution in [-0.4, -0.2) is 24.8 Å². The van der Waals surface area contributed by atoms with E-state index < -0.39 is 0 Å². The number of fused-ring (bicyclic) bond motifs is 7. The number of hydrogen-bond acceptors (Lipinski definition) is 3. The lowest BCUT2D eigenvalue weighted by molar-refractivity contribution is -0.156. The number of ether oxygens (including phenoxy) is 2. The molecule has 4 aliphatic rings. The van der Waals surface area contributed by atoms with E-state index in [9.17, 15) is 4.79 Å². The van der Waals surface area contributed by atoms with Gasteiger partial charge >= 0.3 is 5.97 Å². The average molecular weight is 278 g/mol. The van der Waals surface area contributed by atoms with Crippen LogP contribution in [0.15, 0.2) is 0 Å². The number of esters is 1. The average Bonchev–Trinajstić information content (AvgIpc) is 2.81. The molecule has 0 spiro atoms. The monoisotopic (exact) mass is 278 g/mol. The van der Waals surface area contributed by atoms with Crippen molar-refractivity contribution in [3.05, 3.63) is 0 Å². The first-order valence-electron chi connectivity index (χ1n) is 8.34. The molecule has 4 rings (SSSR count). The molecule has 4 fully saturated rings. The van der Waals surface area contributed by atoms with Gasteiger partial charge in [0, 0.05) is 0 Å². The summed E-state index contributed by atoms with van der Waals surface area (Å²) in [6.07, 6.45) is 5.96. The molecule has 3 saturated carbocycles. The van der Waals surface area contributed by atoms with Crippen LogP contribution in [0.1, 0.15) is 46.5 Å². The van der Waals surface area contributed by atoms with E-state index in [0.717, 1.165) is 30.1 Å². The Morgan fingerprint density at radius 3 is 2.80 bits per heavy atom. The van der Waals surface area contributed by atoms with Gasteiger partial charge in [0.15, 0.2) is 0 Å². The maximum atomic E-state index is 12.1. The van der Waals surface area contributed by atoms with E-state index in [0.29, 0.717) is 24.7 Å². The number of carbonyl (C=O) groups excluding carboxylic acids is 1. The summed E-state index contributed by atoms with van der Waals surface area (Å²) in [7, 11) is 0. The number of carbonyl (C=O) groups is 1. The van der Waals surface area contributed by atoms with Crippen LogP contribution in [0.5, 0.6) is 0 Å². The minimum Gasteiger partial charge on any atom is -0.465 e. The molecule has 1 saturated heterocycles. The van der Waals surface area contributed by atoms with Crippen molar-refractivity contribution in [2.75, 3.05) is 6.61 Å². The Morgan fingerprint density at radius 2 is 2.05 bits per heavy atom. The molecule has 112 valence electrons. The van der Waals surface area contributed by atoms with Crippen LogP contribution in [0.2, 0.25) is 0 Å². The Balaban J connectivity index is 1.36. The molecule has 20 heavy (non-hydrogen) atoms. The molecule has 0 aromatic heterocycles. The molecular weight excluding hydrogens is 252 g/mol. The quantitative estimate of drug-likeness (QED) is 0.586. The van der Waals surface area contributed by atoms with Gasteiger partial charge in [-0.05, 0) is 69.1 Å². The fraction of sp³-hybridized carbons (Fsp3) is 0.941. The summed E-state index contributed by atoms with van der Waals surface area (Å²) in [6, 6.07) is 0. The highest BCUT2D eigenvalue weighted by molar-refractivity contribution is 5.75. The molecule has 1 aliphatic heterocycles. The zero-order chi connectivity index (χ0) is 14.1. The summed E-state index contributed by atoms with van der Waals surface area (Å²) < 4.78 is 11.4. The highest BCUT2D eigenvalue weighted by Crippen LogP contribution is 2.65. The molecule has 3 aliphatic carbocycles. The molecule has 3 nitrogen and oxygen atoms in total. The van der Waals surface area contributed by atoms with Gasteiger partial charge in [0.1, 0.15) is 0 Å². The van der Waals surface area contributed by atoms with E-state index in [1.165, 1.54) is 19.3 Å². The molecule has 0 aromatic carbocycles. The zero-order valence-electron chi connectivity index (χ0n) is 12.8. The smallest absolute Gasteiger partial charge is 0.311 e. The molecule has 0 aromatic rings. The number of hydrogen-bond donors (Lipinski definition) is 0.